The maximum Gasteiger partial charge on any atom is 0.220 e. The Morgan fingerprint density at radius 2 is 2.12 bits per heavy atom. The SMILES string of the molecule is Cc1cc(Oc2cc(C#N)ccn2)ccc1Br. The van der Waals surface area contributed by atoms with Gasteiger partial charge in [-0.15, -0.1) is 0 Å². The van der Waals surface area contributed by atoms with Crippen LogP contribution in [0.2, 0.25) is 0 Å². The molecular formula is C13H9BrN2O. The van der Waals surface area contributed by atoms with E-state index in [0.29, 0.717) is 17.2 Å². The Balaban J connectivity index is 2.25. The molecular weight excluding hydrogens is 280 g/mol. The molecule has 1 aromatic carbocycles. The van der Waals surface area contributed by atoms with Gasteiger partial charge in [0.1, 0.15) is 5.75 Å². The molecule has 17 heavy (non-hydrogen) atoms. The fourth-order valence-corrected chi connectivity index (χ4v) is 1.58. The molecule has 0 radical (unpaired) electrons. The fraction of sp³-hybridized carbons (Fsp3) is 0.0769. The highest BCUT2D eigenvalue weighted by atomic mass is 79.9. The molecule has 0 bridgehead atoms. The number of ether oxygens (including phenoxy) is 1. The molecule has 0 atom stereocenters. The third kappa shape index (κ3) is 2.83. The predicted molar refractivity (Wildman–Crippen MR) is 67.9 cm³/mol. The molecule has 0 aliphatic rings. The molecule has 0 N–H and O–H groups in total. The van der Waals surface area contributed by atoms with Crippen molar-refractivity contribution in [3.8, 4) is 17.7 Å². The molecule has 1 heterocycles. The standard InChI is InChI=1S/C13H9BrN2O/c1-9-6-11(2-3-12(9)14)17-13-7-10(8-15)4-5-16-13/h2-7H,1H3. The summed E-state index contributed by atoms with van der Waals surface area (Å²) < 4.78 is 6.60. The Morgan fingerprint density at radius 1 is 1.29 bits per heavy atom. The van der Waals surface area contributed by atoms with Crippen LogP contribution in [0.5, 0.6) is 11.6 Å². The van der Waals surface area contributed by atoms with Crippen LogP contribution in [0.15, 0.2) is 41.0 Å². The van der Waals surface area contributed by atoms with Gasteiger partial charge < -0.3 is 4.74 Å². The summed E-state index contributed by atoms with van der Waals surface area (Å²) in [6.07, 6.45) is 1.56. The van der Waals surface area contributed by atoms with Crippen LogP contribution >= 0.6 is 15.9 Å². The monoisotopic (exact) mass is 288 g/mol. The number of pyridine rings is 1. The number of aryl methyl sites for hydroxylation is 1. The topological polar surface area (TPSA) is 45.9 Å². The highest BCUT2D eigenvalue weighted by Gasteiger charge is 2.02. The number of aromatic nitrogens is 1. The number of halogens is 1. The summed E-state index contributed by atoms with van der Waals surface area (Å²) in [6, 6.07) is 11.0. The van der Waals surface area contributed by atoms with Crippen molar-refractivity contribution in [1.82, 2.24) is 4.98 Å². The molecule has 4 heteroatoms. The first kappa shape index (κ1) is 11.6. The first-order chi connectivity index (χ1) is 8.19. The summed E-state index contributed by atoms with van der Waals surface area (Å²) in [7, 11) is 0. The van der Waals surface area contributed by atoms with Crippen molar-refractivity contribution < 1.29 is 4.74 Å². The van der Waals surface area contributed by atoms with Crippen molar-refractivity contribution >= 4 is 15.9 Å². The lowest BCUT2D eigenvalue weighted by molar-refractivity contribution is 0.462. The third-order valence-corrected chi connectivity index (χ3v) is 3.11. The minimum absolute atomic E-state index is 0.422. The van der Waals surface area contributed by atoms with E-state index in [0.717, 1.165) is 10.0 Å². The molecule has 0 spiro atoms. The molecule has 0 aliphatic heterocycles. The quantitative estimate of drug-likeness (QED) is 0.844. The second-order valence-corrected chi connectivity index (χ2v) is 4.36. The zero-order chi connectivity index (χ0) is 12.3. The van der Waals surface area contributed by atoms with E-state index in [9.17, 15) is 0 Å². The molecule has 84 valence electrons. The fourth-order valence-electron chi connectivity index (χ4n) is 1.34. The van der Waals surface area contributed by atoms with Gasteiger partial charge in [0.15, 0.2) is 0 Å². The second kappa shape index (κ2) is 4.98. The van der Waals surface area contributed by atoms with E-state index in [2.05, 4.69) is 20.9 Å². The Morgan fingerprint density at radius 3 is 2.82 bits per heavy atom. The summed E-state index contributed by atoms with van der Waals surface area (Å²) in [4.78, 5) is 4.05. The van der Waals surface area contributed by atoms with E-state index in [1.165, 1.54) is 0 Å². The predicted octanol–water partition coefficient (Wildman–Crippen LogP) is 3.82. The highest BCUT2D eigenvalue weighted by molar-refractivity contribution is 9.10. The van der Waals surface area contributed by atoms with Crippen LogP contribution in [0.25, 0.3) is 0 Å². The van der Waals surface area contributed by atoms with Crippen LogP contribution in [0.1, 0.15) is 11.1 Å². The Labute approximate surface area is 108 Å². The van der Waals surface area contributed by atoms with Crippen LogP contribution in [0.3, 0.4) is 0 Å². The van der Waals surface area contributed by atoms with Gasteiger partial charge in [0.2, 0.25) is 5.88 Å². The second-order valence-electron chi connectivity index (χ2n) is 3.51. The zero-order valence-corrected chi connectivity index (χ0v) is 10.7. The van der Waals surface area contributed by atoms with Crippen molar-refractivity contribution in [1.29, 1.82) is 5.26 Å². The van der Waals surface area contributed by atoms with Crippen molar-refractivity contribution in [2.45, 2.75) is 6.92 Å². The molecule has 0 aliphatic carbocycles. The molecule has 2 rings (SSSR count). The maximum atomic E-state index is 8.77. The first-order valence-corrected chi connectivity index (χ1v) is 5.78. The number of hydrogen-bond donors (Lipinski definition) is 0. The number of benzene rings is 1. The van der Waals surface area contributed by atoms with Gasteiger partial charge in [-0.05, 0) is 36.8 Å². The molecule has 3 nitrogen and oxygen atoms in total. The smallest absolute Gasteiger partial charge is 0.220 e. The molecule has 0 amide bonds. The van der Waals surface area contributed by atoms with Gasteiger partial charge in [0, 0.05) is 16.7 Å². The van der Waals surface area contributed by atoms with Crippen LogP contribution in [-0.2, 0) is 0 Å². The van der Waals surface area contributed by atoms with Crippen molar-refractivity contribution in [2.75, 3.05) is 0 Å². The van der Waals surface area contributed by atoms with Crippen molar-refractivity contribution in [3.05, 3.63) is 52.1 Å². The van der Waals surface area contributed by atoms with E-state index in [-0.39, 0.29) is 0 Å². The van der Waals surface area contributed by atoms with E-state index in [1.807, 2.05) is 31.2 Å². The van der Waals surface area contributed by atoms with Gasteiger partial charge in [0.25, 0.3) is 0 Å². The largest absolute Gasteiger partial charge is 0.439 e. The van der Waals surface area contributed by atoms with Gasteiger partial charge in [-0.3, -0.25) is 0 Å². The average molecular weight is 289 g/mol. The summed E-state index contributed by atoms with van der Waals surface area (Å²) in [5.74, 6) is 1.12. The maximum absolute atomic E-state index is 8.77. The molecule has 0 saturated heterocycles. The van der Waals surface area contributed by atoms with E-state index < -0.39 is 0 Å². The molecule has 0 fully saturated rings. The van der Waals surface area contributed by atoms with Crippen molar-refractivity contribution in [3.63, 3.8) is 0 Å². The molecule has 1 aromatic heterocycles. The minimum Gasteiger partial charge on any atom is -0.439 e. The lowest BCUT2D eigenvalue weighted by Gasteiger charge is -2.06. The van der Waals surface area contributed by atoms with E-state index >= 15 is 0 Å². The van der Waals surface area contributed by atoms with Crippen molar-refractivity contribution in [2.24, 2.45) is 0 Å². The molecule has 2 aromatic rings. The lowest BCUT2D eigenvalue weighted by atomic mass is 10.2. The first-order valence-electron chi connectivity index (χ1n) is 4.99. The lowest BCUT2D eigenvalue weighted by Crippen LogP contribution is -1.89. The summed E-state index contributed by atoms with van der Waals surface area (Å²) >= 11 is 3.42. The number of rotatable bonds is 2. The number of nitriles is 1. The highest BCUT2D eigenvalue weighted by Crippen LogP contribution is 2.25. The summed E-state index contributed by atoms with van der Waals surface area (Å²) in [5, 5.41) is 8.77. The van der Waals surface area contributed by atoms with Crippen LogP contribution in [-0.4, -0.2) is 4.98 Å². The van der Waals surface area contributed by atoms with Gasteiger partial charge >= 0.3 is 0 Å². The average Bonchev–Trinajstić information content (AvgIpc) is 2.34. The van der Waals surface area contributed by atoms with Gasteiger partial charge in [-0.2, -0.15) is 5.26 Å². The van der Waals surface area contributed by atoms with Gasteiger partial charge in [-0.25, -0.2) is 4.98 Å². The molecule has 0 saturated carbocycles. The summed E-state index contributed by atoms with van der Waals surface area (Å²) in [5.41, 5.74) is 1.61. The summed E-state index contributed by atoms with van der Waals surface area (Å²) in [6.45, 7) is 1.98. The minimum atomic E-state index is 0.422. The van der Waals surface area contributed by atoms with E-state index in [1.54, 1.807) is 18.3 Å². The van der Waals surface area contributed by atoms with Crippen LogP contribution in [0, 0.1) is 18.3 Å². The van der Waals surface area contributed by atoms with Gasteiger partial charge in [-0.1, -0.05) is 15.9 Å². The number of hydrogen-bond acceptors (Lipinski definition) is 3. The Bertz CT molecular complexity index is 590. The van der Waals surface area contributed by atoms with Crippen LogP contribution < -0.4 is 4.74 Å². The number of nitrogens with zero attached hydrogens (tertiary/aromatic N) is 2. The normalized spacial score (nSPS) is 9.71. The third-order valence-electron chi connectivity index (χ3n) is 2.22. The molecule has 0 unspecified atom stereocenters. The Hall–Kier alpha value is -1.86. The van der Waals surface area contributed by atoms with Gasteiger partial charge in [0.05, 0.1) is 11.6 Å². The van der Waals surface area contributed by atoms with Crippen LogP contribution in [0.4, 0.5) is 0 Å². The Kier molecular flexibility index (Phi) is 3.40. The zero-order valence-electron chi connectivity index (χ0n) is 9.14. The van der Waals surface area contributed by atoms with E-state index in [4.69, 9.17) is 10.00 Å².